The Morgan fingerprint density at radius 2 is 2.28 bits per heavy atom. The van der Waals surface area contributed by atoms with E-state index in [2.05, 4.69) is 20.6 Å². The van der Waals surface area contributed by atoms with Gasteiger partial charge in [-0.05, 0) is 38.4 Å². The first kappa shape index (κ1) is 19.3. The number of nitrogens with zero attached hydrogens (tertiary/aromatic N) is 5. The second-order valence-electron chi connectivity index (χ2n) is 7.59. The molecule has 0 bridgehead atoms. The zero-order valence-electron chi connectivity index (χ0n) is 16.8. The van der Waals surface area contributed by atoms with E-state index in [9.17, 15) is 4.79 Å². The average Bonchev–Trinajstić information content (AvgIpc) is 3.38. The van der Waals surface area contributed by atoms with Crippen molar-refractivity contribution < 1.29 is 9.32 Å². The number of hydrogen-bond acceptors (Lipinski definition) is 6. The van der Waals surface area contributed by atoms with E-state index in [1.807, 2.05) is 41.9 Å². The summed E-state index contributed by atoms with van der Waals surface area (Å²) in [6, 6.07) is 9.93. The molecule has 0 radical (unpaired) electrons. The molecule has 1 atom stereocenters. The van der Waals surface area contributed by atoms with Crippen molar-refractivity contribution in [1.82, 2.24) is 30.1 Å². The minimum Gasteiger partial charge on any atom is -0.337 e. The highest BCUT2D eigenvalue weighted by atomic mass is 16.5. The number of aryl methyl sites for hydroxylation is 1. The van der Waals surface area contributed by atoms with Crippen LogP contribution >= 0.6 is 0 Å². The fraction of sp³-hybridized carbons (Fsp3) is 0.429. The third kappa shape index (κ3) is 4.54. The molecule has 0 saturated carbocycles. The van der Waals surface area contributed by atoms with Crippen molar-refractivity contribution >= 4 is 5.91 Å². The topological polar surface area (TPSA) is 89.1 Å². The van der Waals surface area contributed by atoms with Crippen LogP contribution in [0.5, 0.6) is 0 Å². The summed E-state index contributed by atoms with van der Waals surface area (Å²) in [5, 5.41) is 11.8. The molecule has 1 amide bonds. The van der Waals surface area contributed by atoms with Crippen molar-refractivity contribution in [3.63, 3.8) is 0 Å². The maximum atomic E-state index is 12.7. The van der Waals surface area contributed by atoms with E-state index >= 15 is 0 Å². The standard InChI is InChI=1S/C21H26N6O2/c1-15-5-3-6-16(11-15)21-24-19(29-25-21)13-26(2)20(28)14-27-18(8-10-23-27)17-7-4-9-22-12-17/h3,5-6,8,10-11,17,22H,4,7,9,12-14H2,1-2H3/t17-/m0/s1. The largest absolute Gasteiger partial charge is 0.337 e. The first-order valence-electron chi connectivity index (χ1n) is 9.96. The third-order valence-corrected chi connectivity index (χ3v) is 5.29. The summed E-state index contributed by atoms with van der Waals surface area (Å²) < 4.78 is 7.16. The van der Waals surface area contributed by atoms with Crippen molar-refractivity contribution in [3.05, 3.63) is 53.7 Å². The molecule has 152 valence electrons. The van der Waals surface area contributed by atoms with Crippen LogP contribution in [0.4, 0.5) is 0 Å². The van der Waals surface area contributed by atoms with Gasteiger partial charge in [-0.2, -0.15) is 10.1 Å². The van der Waals surface area contributed by atoms with Crippen molar-refractivity contribution in [3.8, 4) is 11.4 Å². The summed E-state index contributed by atoms with van der Waals surface area (Å²) >= 11 is 0. The van der Waals surface area contributed by atoms with Crippen LogP contribution < -0.4 is 5.32 Å². The van der Waals surface area contributed by atoms with E-state index < -0.39 is 0 Å². The number of aromatic nitrogens is 4. The number of benzene rings is 1. The lowest BCUT2D eigenvalue weighted by Gasteiger charge is -2.24. The van der Waals surface area contributed by atoms with Crippen molar-refractivity contribution in [2.24, 2.45) is 0 Å². The minimum atomic E-state index is -0.0472. The van der Waals surface area contributed by atoms with Crippen molar-refractivity contribution in [1.29, 1.82) is 0 Å². The van der Waals surface area contributed by atoms with Crippen LogP contribution in [0.25, 0.3) is 11.4 Å². The number of carbonyl (C=O) groups excluding carboxylic acids is 1. The fourth-order valence-corrected chi connectivity index (χ4v) is 3.69. The van der Waals surface area contributed by atoms with Crippen LogP contribution in [0.15, 0.2) is 41.1 Å². The zero-order valence-corrected chi connectivity index (χ0v) is 16.8. The summed E-state index contributed by atoms with van der Waals surface area (Å²) in [5.41, 5.74) is 3.14. The van der Waals surface area contributed by atoms with E-state index in [1.165, 1.54) is 0 Å². The van der Waals surface area contributed by atoms with Crippen molar-refractivity contribution in [2.75, 3.05) is 20.1 Å². The molecule has 29 heavy (non-hydrogen) atoms. The molecule has 3 heterocycles. The Bertz CT molecular complexity index is 973. The van der Waals surface area contributed by atoms with Crippen LogP contribution in [0.2, 0.25) is 0 Å². The summed E-state index contributed by atoms with van der Waals surface area (Å²) in [6.07, 6.45) is 4.03. The van der Waals surface area contributed by atoms with E-state index in [4.69, 9.17) is 4.52 Å². The van der Waals surface area contributed by atoms with Gasteiger partial charge in [-0.1, -0.05) is 28.9 Å². The van der Waals surface area contributed by atoms with Gasteiger partial charge in [0.1, 0.15) is 6.54 Å². The maximum Gasteiger partial charge on any atom is 0.246 e. The molecule has 1 aromatic carbocycles. The molecular weight excluding hydrogens is 368 g/mol. The predicted molar refractivity (Wildman–Crippen MR) is 108 cm³/mol. The Kier molecular flexibility index (Phi) is 5.71. The van der Waals surface area contributed by atoms with Crippen LogP contribution in [-0.4, -0.2) is 50.9 Å². The molecule has 8 heteroatoms. The Hall–Kier alpha value is -3.00. The van der Waals surface area contributed by atoms with E-state index in [1.54, 1.807) is 18.1 Å². The van der Waals surface area contributed by atoms with Gasteiger partial charge in [0, 0.05) is 37.0 Å². The summed E-state index contributed by atoms with van der Waals surface area (Å²) in [7, 11) is 1.74. The van der Waals surface area contributed by atoms with Gasteiger partial charge in [0.05, 0.1) is 6.54 Å². The summed E-state index contributed by atoms with van der Waals surface area (Å²) in [4.78, 5) is 18.8. The monoisotopic (exact) mass is 394 g/mol. The first-order chi connectivity index (χ1) is 14.1. The molecule has 0 unspecified atom stereocenters. The van der Waals surface area contributed by atoms with Gasteiger partial charge in [-0.15, -0.1) is 0 Å². The van der Waals surface area contributed by atoms with E-state index in [0.717, 1.165) is 42.8 Å². The second kappa shape index (κ2) is 8.57. The van der Waals surface area contributed by atoms with Gasteiger partial charge in [0.25, 0.3) is 0 Å². The normalized spacial score (nSPS) is 16.7. The lowest BCUT2D eigenvalue weighted by Crippen LogP contribution is -2.33. The van der Waals surface area contributed by atoms with Crippen LogP contribution in [0.3, 0.4) is 0 Å². The quantitative estimate of drug-likeness (QED) is 0.690. The van der Waals surface area contributed by atoms with Gasteiger partial charge in [0.2, 0.25) is 17.6 Å². The zero-order chi connectivity index (χ0) is 20.2. The number of amides is 1. The van der Waals surface area contributed by atoms with Crippen LogP contribution in [-0.2, 0) is 17.9 Å². The van der Waals surface area contributed by atoms with Gasteiger partial charge in [-0.25, -0.2) is 0 Å². The highest BCUT2D eigenvalue weighted by molar-refractivity contribution is 5.75. The van der Waals surface area contributed by atoms with Gasteiger partial charge >= 0.3 is 0 Å². The summed E-state index contributed by atoms with van der Waals surface area (Å²) in [6.45, 7) is 4.47. The van der Waals surface area contributed by atoms with Crippen LogP contribution in [0.1, 0.15) is 35.9 Å². The molecule has 4 rings (SSSR count). The highest BCUT2D eigenvalue weighted by Gasteiger charge is 2.21. The molecule has 1 aliphatic heterocycles. The number of hydrogen-bond donors (Lipinski definition) is 1. The Morgan fingerprint density at radius 3 is 3.07 bits per heavy atom. The molecule has 2 aromatic heterocycles. The lowest BCUT2D eigenvalue weighted by atomic mass is 9.96. The molecule has 0 spiro atoms. The second-order valence-corrected chi connectivity index (χ2v) is 7.59. The Balaban J connectivity index is 1.39. The van der Waals surface area contributed by atoms with E-state index in [0.29, 0.717) is 17.6 Å². The molecular formula is C21H26N6O2. The number of piperidine rings is 1. The molecule has 1 N–H and O–H groups in total. The number of rotatable bonds is 6. The average molecular weight is 394 g/mol. The lowest BCUT2D eigenvalue weighted by molar-refractivity contribution is -0.131. The number of likely N-dealkylation sites (N-methyl/N-ethyl adjacent to an activating group) is 1. The molecule has 0 aliphatic carbocycles. The van der Waals surface area contributed by atoms with Crippen molar-refractivity contribution in [2.45, 2.75) is 38.8 Å². The van der Waals surface area contributed by atoms with E-state index in [-0.39, 0.29) is 19.0 Å². The van der Waals surface area contributed by atoms with Gasteiger partial charge in [-0.3, -0.25) is 9.48 Å². The van der Waals surface area contributed by atoms with Gasteiger partial charge < -0.3 is 14.7 Å². The number of carbonyl (C=O) groups is 1. The third-order valence-electron chi connectivity index (χ3n) is 5.29. The van der Waals surface area contributed by atoms with Crippen LogP contribution in [0, 0.1) is 6.92 Å². The predicted octanol–water partition coefficient (Wildman–Crippen LogP) is 2.37. The smallest absolute Gasteiger partial charge is 0.246 e. The minimum absolute atomic E-state index is 0.0472. The number of nitrogens with one attached hydrogen (secondary N) is 1. The highest BCUT2D eigenvalue weighted by Crippen LogP contribution is 2.23. The molecule has 3 aromatic rings. The molecule has 1 fully saturated rings. The SMILES string of the molecule is Cc1cccc(-c2noc(CN(C)C(=O)Cn3nccc3[C@H]3CCCNC3)n2)c1. The fourth-order valence-electron chi connectivity index (χ4n) is 3.69. The Labute approximate surface area is 169 Å². The first-order valence-corrected chi connectivity index (χ1v) is 9.96. The summed E-state index contributed by atoms with van der Waals surface area (Å²) in [5.74, 6) is 1.30. The molecule has 8 nitrogen and oxygen atoms in total. The Morgan fingerprint density at radius 1 is 1.38 bits per heavy atom. The molecule has 1 saturated heterocycles. The maximum absolute atomic E-state index is 12.7. The molecule has 1 aliphatic rings. The van der Waals surface area contributed by atoms with Gasteiger partial charge in [0.15, 0.2) is 0 Å².